The van der Waals surface area contributed by atoms with E-state index in [-0.39, 0.29) is 5.91 Å². The number of rotatable bonds is 3. The fourth-order valence-corrected chi connectivity index (χ4v) is 5.87. The highest BCUT2D eigenvalue weighted by molar-refractivity contribution is 7.13. The summed E-state index contributed by atoms with van der Waals surface area (Å²) in [5, 5.41) is 4.23. The Morgan fingerprint density at radius 1 is 1.00 bits per heavy atom. The minimum absolute atomic E-state index is 0.0308. The molecule has 0 saturated carbocycles. The first-order chi connectivity index (χ1) is 16.2. The van der Waals surface area contributed by atoms with E-state index in [0.717, 1.165) is 58.3 Å². The molecule has 4 nitrogen and oxygen atoms in total. The molecule has 4 heterocycles. The topological polar surface area (TPSA) is 49.0 Å². The molecule has 5 aromatic rings. The van der Waals surface area contributed by atoms with Crippen LogP contribution in [-0.2, 0) is 0 Å². The molecule has 1 amide bonds. The number of para-hydroxylation sites is 1. The van der Waals surface area contributed by atoms with Crippen LogP contribution in [0.25, 0.3) is 32.4 Å². The minimum Gasteiger partial charge on any atom is -0.353 e. The molecular weight excluding hydrogens is 426 g/mol. The third-order valence-corrected chi connectivity index (χ3v) is 7.76. The lowest BCUT2D eigenvalue weighted by Gasteiger charge is -2.32. The fraction of sp³-hybridized carbons (Fsp3) is 0.214. The zero-order valence-electron chi connectivity index (χ0n) is 18.5. The van der Waals surface area contributed by atoms with Gasteiger partial charge in [-0.25, -0.2) is 4.98 Å². The number of aromatic nitrogens is 2. The van der Waals surface area contributed by atoms with Crippen LogP contribution in [0.15, 0.2) is 72.1 Å². The number of aromatic amines is 1. The van der Waals surface area contributed by atoms with E-state index in [0.29, 0.717) is 11.6 Å². The van der Waals surface area contributed by atoms with Crippen molar-refractivity contribution in [2.75, 3.05) is 13.1 Å². The summed E-state index contributed by atoms with van der Waals surface area (Å²) in [6.07, 6.45) is 1.98. The number of thiophene rings is 1. The van der Waals surface area contributed by atoms with Gasteiger partial charge in [-0.15, -0.1) is 11.3 Å². The number of carbonyl (C=O) groups is 1. The lowest BCUT2D eigenvalue weighted by atomic mass is 9.87. The van der Waals surface area contributed by atoms with Crippen LogP contribution in [0.3, 0.4) is 0 Å². The van der Waals surface area contributed by atoms with Crippen LogP contribution in [0.4, 0.5) is 0 Å². The third kappa shape index (κ3) is 3.53. The number of carbonyl (C=O) groups excluding carboxylic acids is 1. The number of fused-ring (bicyclic) bond motifs is 3. The Morgan fingerprint density at radius 2 is 1.79 bits per heavy atom. The molecule has 5 heteroatoms. The molecular formula is C28H25N3OS. The first-order valence-electron chi connectivity index (χ1n) is 11.5. The highest BCUT2D eigenvalue weighted by Gasteiger charge is 2.27. The van der Waals surface area contributed by atoms with Crippen LogP contribution in [0.5, 0.6) is 0 Å². The maximum absolute atomic E-state index is 13.6. The second-order valence-corrected chi connectivity index (χ2v) is 9.80. The molecule has 0 spiro atoms. The predicted molar refractivity (Wildman–Crippen MR) is 136 cm³/mol. The van der Waals surface area contributed by atoms with Gasteiger partial charge in [-0.2, -0.15) is 0 Å². The van der Waals surface area contributed by atoms with E-state index in [1.807, 2.05) is 29.2 Å². The van der Waals surface area contributed by atoms with E-state index in [1.165, 1.54) is 11.1 Å². The van der Waals surface area contributed by atoms with E-state index in [9.17, 15) is 4.79 Å². The largest absolute Gasteiger partial charge is 0.353 e. The van der Waals surface area contributed by atoms with Crippen LogP contribution >= 0.6 is 11.3 Å². The highest BCUT2D eigenvalue weighted by Crippen LogP contribution is 2.35. The van der Waals surface area contributed by atoms with Crippen molar-refractivity contribution < 1.29 is 4.79 Å². The smallest absolute Gasteiger partial charge is 0.272 e. The van der Waals surface area contributed by atoms with Crippen LogP contribution in [0.1, 0.15) is 40.4 Å². The predicted octanol–water partition coefficient (Wildman–Crippen LogP) is 6.77. The number of benzene rings is 2. The number of hydrogen-bond donors (Lipinski definition) is 1. The molecule has 0 unspecified atom stereocenters. The second kappa shape index (κ2) is 8.16. The molecule has 1 fully saturated rings. The average Bonchev–Trinajstić information content (AvgIpc) is 3.52. The van der Waals surface area contributed by atoms with Crippen molar-refractivity contribution in [2.24, 2.45) is 0 Å². The Kier molecular flexibility index (Phi) is 4.99. The molecule has 0 radical (unpaired) electrons. The summed E-state index contributed by atoms with van der Waals surface area (Å²) in [4.78, 5) is 25.1. The standard InChI is InChI=1S/C28H25N3OS/c1-18-7-2-3-8-20(18)19-12-14-31(15-13-19)28(32)24-17-22-21-9-4-5-10-23(21)29-26(22)27(30-24)25-11-6-16-33-25/h2-11,16-17,19,29H,12-15H2,1H3. The quantitative estimate of drug-likeness (QED) is 0.329. The van der Waals surface area contributed by atoms with Gasteiger partial charge in [-0.1, -0.05) is 48.5 Å². The SMILES string of the molecule is Cc1ccccc1C1CCN(C(=O)c2cc3c([nH]c4ccccc43)c(-c3cccs3)n2)CC1. The molecule has 3 aromatic heterocycles. The first kappa shape index (κ1) is 20.2. The van der Waals surface area contributed by atoms with Crippen molar-refractivity contribution in [1.82, 2.24) is 14.9 Å². The Hall–Kier alpha value is -3.44. The lowest BCUT2D eigenvalue weighted by molar-refractivity contribution is 0.0707. The Labute approximate surface area is 196 Å². The molecule has 164 valence electrons. The summed E-state index contributed by atoms with van der Waals surface area (Å²) in [6.45, 7) is 3.71. The van der Waals surface area contributed by atoms with Gasteiger partial charge in [0.15, 0.2) is 0 Å². The van der Waals surface area contributed by atoms with Crippen LogP contribution < -0.4 is 0 Å². The van der Waals surface area contributed by atoms with E-state index in [2.05, 4.69) is 59.8 Å². The maximum Gasteiger partial charge on any atom is 0.272 e. The molecule has 1 aliphatic rings. The number of likely N-dealkylation sites (tertiary alicyclic amines) is 1. The molecule has 2 aromatic carbocycles. The Morgan fingerprint density at radius 3 is 2.58 bits per heavy atom. The number of aryl methyl sites for hydroxylation is 1. The van der Waals surface area contributed by atoms with Crippen LogP contribution in [0.2, 0.25) is 0 Å². The van der Waals surface area contributed by atoms with Gasteiger partial charge >= 0.3 is 0 Å². The van der Waals surface area contributed by atoms with E-state index in [1.54, 1.807) is 11.3 Å². The van der Waals surface area contributed by atoms with Gasteiger partial charge in [0.2, 0.25) is 0 Å². The van der Waals surface area contributed by atoms with Gasteiger partial charge in [0.05, 0.1) is 10.4 Å². The lowest BCUT2D eigenvalue weighted by Crippen LogP contribution is -2.38. The molecule has 1 saturated heterocycles. The Bertz CT molecular complexity index is 1460. The number of hydrogen-bond acceptors (Lipinski definition) is 3. The monoisotopic (exact) mass is 451 g/mol. The Balaban J connectivity index is 1.35. The number of piperidine rings is 1. The molecule has 0 atom stereocenters. The molecule has 1 aliphatic heterocycles. The average molecular weight is 452 g/mol. The van der Waals surface area contributed by atoms with Gasteiger partial charge in [-0.3, -0.25) is 4.79 Å². The zero-order chi connectivity index (χ0) is 22.4. The number of pyridine rings is 1. The summed E-state index contributed by atoms with van der Waals surface area (Å²) < 4.78 is 0. The third-order valence-electron chi connectivity index (χ3n) is 6.88. The summed E-state index contributed by atoms with van der Waals surface area (Å²) >= 11 is 1.65. The summed E-state index contributed by atoms with van der Waals surface area (Å²) in [5.74, 6) is 0.546. The van der Waals surface area contributed by atoms with Crippen LogP contribution in [0, 0.1) is 6.92 Å². The normalized spacial score (nSPS) is 14.9. The van der Waals surface area contributed by atoms with E-state index < -0.39 is 0 Å². The van der Waals surface area contributed by atoms with Crippen molar-refractivity contribution in [3.8, 4) is 10.6 Å². The molecule has 1 N–H and O–H groups in total. The van der Waals surface area contributed by atoms with Crippen molar-refractivity contribution in [2.45, 2.75) is 25.7 Å². The van der Waals surface area contributed by atoms with Gasteiger partial charge in [0.25, 0.3) is 5.91 Å². The summed E-state index contributed by atoms with van der Waals surface area (Å²) in [7, 11) is 0. The van der Waals surface area contributed by atoms with Crippen molar-refractivity contribution in [3.63, 3.8) is 0 Å². The highest BCUT2D eigenvalue weighted by atomic mass is 32.1. The molecule has 0 bridgehead atoms. The van der Waals surface area contributed by atoms with Crippen LogP contribution in [-0.4, -0.2) is 33.9 Å². The maximum atomic E-state index is 13.6. The van der Waals surface area contributed by atoms with Gasteiger partial charge < -0.3 is 9.88 Å². The zero-order valence-corrected chi connectivity index (χ0v) is 19.4. The number of H-pyrrole nitrogens is 1. The first-order valence-corrected chi connectivity index (χ1v) is 12.4. The number of amides is 1. The minimum atomic E-state index is 0.0308. The summed E-state index contributed by atoms with van der Waals surface area (Å²) in [5.41, 5.74) is 6.21. The van der Waals surface area contributed by atoms with Crippen molar-refractivity contribution in [1.29, 1.82) is 0 Å². The van der Waals surface area contributed by atoms with Gasteiger partial charge in [-0.05, 0) is 60.4 Å². The van der Waals surface area contributed by atoms with E-state index >= 15 is 0 Å². The van der Waals surface area contributed by atoms with E-state index in [4.69, 9.17) is 4.98 Å². The molecule has 33 heavy (non-hydrogen) atoms. The summed E-state index contributed by atoms with van der Waals surface area (Å²) in [6, 6.07) is 22.9. The van der Waals surface area contributed by atoms with Crippen molar-refractivity contribution >= 4 is 39.0 Å². The van der Waals surface area contributed by atoms with Crippen molar-refractivity contribution in [3.05, 3.63) is 88.9 Å². The number of nitrogens with one attached hydrogen (secondary N) is 1. The molecule has 6 rings (SSSR count). The second-order valence-electron chi connectivity index (χ2n) is 8.85. The molecule has 0 aliphatic carbocycles. The van der Waals surface area contributed by atoms with Gasteiger partial charge in [0, 0.05) is 29.4 Å². The number of nitrogens with zero attached hydrogens (tertiary/aromatic N) is 2. The van der Waals surface area contributed by atoms with Gasteiger partial charge in [0.1, 0.15) is 11.4 Å². The fourth-order valence-electron chi connectivity index (χ4n) is 5.15.